The van der Waals surface area contributed by atoms with Gasteiger partial charge in [0.1, 0.15) is 5.75 Å². The standard InChI is InChI=1S/C12H17NO3/c1-8-6-10(9(2)14)4-5-11(8)16-7-12(15)13-3/h4-6,9,14H,7H2,1-3H3,(H,13,15). The Kier molecular flexibility index (Phi) is 4.31. The number of amides is 1. The fourth-order valence-corrected chi connectivity index (χ4v) is 1.31. The van der Waals surface area contributed by atoms with Gasteiger partial charge < -0.3 is 15.2 Å². The highest BCUT2D eigenvalue weighted by Crippen LogP contribution is 2.22. The number of ether oxygens (including phenoxy) is 1. The first kappa shape index (κ1) is 12.5. The van der Waals surface area contributed by atoms with Gasteiger partial charge in [0, 0.05) is 7.05 Å². The molecule has 0 saturated heterocycles. The summed E-state index contributed by atoms with van der Waals surface area (Å²) in [6.45, 7) is 3.59. The first-order valence-electron chi connectivity index (χ1n) is 5.16. The summed E-state index contributed by atoms with van der Waals surface area (Å²) in [4.78, 5) is 11.0. The molecule has 0 heterocycles. The van der Waals surface area contributed by atoms with Crippen LogP contribution < -0.4 is 10.1 Å². The highest BCUT2D eigenvalue weighted by Gasteiger charge is 2.06. The van der Waals surface area contributed by atoms with Crippen molar-refractivity contribution in [3.8, 4) is 5.75 Å². The molecule has 1 unspecified atom stereocenters. The summed E-state index contributed by atoms with van der Waals surface area (Å²) in [5.74, 6) is 0.493. The van der Waals surface area contributed by atoms with Gasteiger partial charge >= 0.3 is 0 Å². The summed E-state index contributed by atoms with van der Waals surface area (Å²) < 4.78 is 5.33. The van der Waals surface area contributed by atoms with Crippen molar-refractivity contribution in [2.24, 2.45) is 0 Å². The topological polar surface area (TPSA) is 58.6 Å². The van der Waals surface area contributed by atoms with Gasteiger partial charge in [-0.25, -0.2) is 0 Å². The second-order valence-corrected chi connectivity index (χ2v) is 3.66. The Morgan fingerprint density at radius 3 is 2.75 bits per heavy atom. The fraction of sp³-hybridized carbons (Fsp3) is 0.417. The van der Waals surface area contributed by atoms with Crippen LogP contribution in [0, 0.1) is 6.92 Å². The van der Waals surface area contributed by atoms with Gasteiger partial charge in [-0.2, -0.15) is 0 Å². The van der Waals surface area contributed by atoms with Crippen LogP contribution in [0.4, 0.5) is 0 Å². The number of carbonyl (C=O) groups excluding carboxylic acids is 1. The summed E-state index contributed by atoms with van der Waals surface area (Å²) in [5, 5.41) is 11.9. The maximum absolute atomic E-state index is 11.0. The summed E-state index contributed by atoms with van der Waals surface area (Å²) in [6, 6.07) is 5.40. The molecule has 1 aromatic rings. The molecule has 4 nitrogen and oxygen atoms in total. The Hall–Kier alpha value is -1.55. The molecule has 0 aromatic heterocycles. The van der Waals surface area contributed by atoms with E-state index >= 15 is 0 Å². The van der Waals surface area contributed by atoms with Gasteiger partial charge in [-0.15, -0.1) is 0 Å². The number of hydrogen-bond donors (Lipinski definition) is 2. The number of aliphatic hydroxyl groups is 1. The number of likely N-dealkylation sites (N-methyl/N-ethyl adjacent to an activating group) is 1. The molecule has 0 aliphatic heterocycles. The normalized spacial score (nSPS) is 12.0. The second kappa shape index (κ2) is 5.51. The van der Waals surface area contributed by atoms with Crippen LogP contribution >= 0.6 is 0 Å². The minimum Gasteiger partial charge on any atom is -0.484 e. The Morgan fingerprint density at radius 2 is 2.25 bits per heavy atom. The van der Waals surface area contributed by atoms with Crippen molar-refractivity contribution >= 4 is 5.91 Å². The monoisotopic (exact) mass is 223 g/mol. The molecule has 0 radical (unpaired) electrons. The molecule has 0 fully saturated rings. The number of carbonyl (C=O) groups is 1. The highest BCUT2D eigenvalue weighted by atomic mass is 16.5. The van der Waals surface area contributed by atoms with Crippen molar-refractivity contribution < 1.29 is 14.6 Å². The van der Waals surface area contributed by atoms with E-state index in [1.54, 1.807) is 26.1 Å². The summed E-state index contributed by atoms with van der Waals surface area (Å²) in [6.07, 6.45) is -0.494. The van der Waals surface area contributed by atoms with E-state index in [0.29, 0.717) is 5.75 Å². The molecule has 0 aliphatic rings. The number of aryl methyl sites for hydroxylation is 1. The van der Waals surface area contributed by atoms with Crippen LogP contribution in [-0.4, -0.2) is 24.7 Å². The van der Waals surface area contributed by atoms with Crippen LogP contribution in [0.25, 0.3) is 0 Å². The van der Waals surface area contributed by atoms with Gasteiger partial charge in [-0.3, -0.25) is 4.79 Å². The van der Waals surface area contributed by atoms with E-state index in [2.05, 4.69) is 5.32 Å². The van der Waals surface area contributed by atoms with Gasteiger partial charge in [0.25, 0.3) is 5.91 Å². The Balaban J connectivity index is 2.72. The first-order chi connectivity index (χ1) is 7.54. The summed E-state index contributed by atoms with van der Waals surface area (Å²) in [7, 11) is 1.56. The van der Waals surface area contributed by atoms with E-state index in [0.717, 1.165) is 11.1 Å². The lowest BCUT2D eigenvalue weighted by Crippen LogP contribution is -2.25. The van der Waals surface area contributed by atoms with E-state index < -0.39 is 6.10 Å². The molecule has 0 saturated carbocycles. The zero-order valence-corrected chi connectivity index (χ0v) is 9.78. The quantitative estimate of drug-likeness (QED) is 0.805. The average molecular weight is 223 g/mol. The molecular formula is C12H17NO3. The van der Waals surface area contributed by atoms with Gasteiger partial charge in [-0.1, -0.05) is 6.07 Å². The van der Waals surface area contributed by atoms with E-state index in [9.17, 15) is 9.90 Å². The summed E-state index contributed by atoms with van der Waals surface area (Å²) in [5.41, 5.74) is 1.74. The van der Waals surface area contributed by atoms with Crippen molar-refractivity contribution in [3.05, 3.63) is 29.3 Å². The highest BCUT2D eigenvalue weighted by molar-refractivity contribution is 5.77. The summed E-state index contributed by atoms with van der Waals surface area (Å²) >= 11 is 0. The lowest BCUT2D eigenvalue weighted by atomic mass is 10.1. The predicted octanol–water partition coefficient (Wildman–Crippen LogP) is 1.17. The van der Waals surface area contributed by atoms with Crippen molar-refractivity contribution in [1.29, 1.82) is 0 Å². The minimum atomic E-state index is -0.494. The number of benzene rings is 1. The number of rotatable bonds is 4. The SMILES string of the molecule is CNC(=O)COc1ccc(C(C)O)cc1C. The van der Waals surface area contributed by atoms with Crippen LogP contribution in [-0.2, 0) is 4.79 Å². The van der Waals surface area contributed by atoms with Crippen molar-refractivity contribution in [2.45, 2.75) is 20.0 Å². The van der Waals surface area contributed by atoms with Gasteiger partial charge in [0.05, 0.1) is 6.10 Å². The van der Waals surface area contributed by atoms with Crippen molar-refractivity contribution in [1.82, 2.24) is 5.32 Å². The van der Waals surface area contributed by atoms with Crippen LogP contribution in [0.15, 0.2) is 18.2 Å². The average Bonchev–Trinajstić information content (AvgIpc) is 2.26. The molecule has 2 N–H and O–H groups in total. The molecule has 4 heteroatoms. The second-order valence-electron chi connectivity index (χ2n) is 3.66. The Morgan fingerprint density at radius 1 is 1.56 bits per heavy atom. The molecule has 1 rings (SSSR count). The van der Waals surface area contributed by atoms with E-state index in [1.165, 1.54) is 0 Å². The molecule has 0 aliphatic carbocycles. The van der Waals surface area contributed by atoms with E-state index in [4.69, 9.17) is 4.74 Å². The smallest absolute Gasteiger partial charge is 0.257 e. The van der Waals surface area contributed by atoms with E-state index in [1.807, 2.05) is 13.0 Å². The zero-order valence-electron chi connectivity index (χ0n) is 9.78. The predicted molar refractivity (Wildman–Crippen MR) is 61.4 cm³/mol. The Labute approximate surface area is 95.2 Å². The molecule has 0 bridgehead atoms. The van der Waals surface area contributed by atoms with Crippen molar-refractivity contribution in [3.63, 3.8) is 0 Å². The maximum atomic E-state index is 11.0. The number of nitrogens with one attached hydrogen (secondary N) is 1. The number of aliphatic hydroxyl groups excluding tert-OH is 1. The maximum Gasteiger partial charge on any atom is 0.257 e. The van der Waals surface area contributed by atoms with Crippen LogP contribution in [0.1, 0.15) is 24.2 Å². The molecular weight excluding hydrogens is 206 g/mol. The third kappa shape index (κ3) is 3.24. The minimum absolute atomic E-state index is 0.00532. The molecule has 16 heavy (non-hydrogen) atoms. The van der Waals surface area contributed by atoms with E-state index in [-0.39, 0.29) is 12.5 Å². The Bertz CT molecular complexity index is 375. The van der Waals surface area contributed by atoms with Crippen molar-refractivity contribution in [2.75, 3.05) is 13.7 Å². The van der Waals surface area contributed by atoms with Gasteiger partial charge in [0.15, 0.2) is 6.61 Å². The lowest BCUT2D eigenvalue weighted by molar-refractivity contribution is -0.122. The zero-order chi connectivity index (χ0) is 12.1. The molecule has 1 atom stereocenters. The third-order valence-electron chi connectivity index (χ3n) is 2.32. The van der Waals surface area contributed by atoms with Gasteiger partial charge in [0.2, 0.25) is 0 Å². The van der Waals surface area contributed by atoms with Crippen LogP contribution in [0.3, 0.4) is 0 Å². The fourth-order valence-electron chi connectivity index (χ4n) is 1.31. The van der Waals surface area contributed by atoms with Crippen LogP contribution in [0.5, 0.6) is 5.75 Å². The molecule has 88 valence electrons. The molecule has 1 aromatic carbocycles. The van der Waals surface area contributed by atoms with Crippen LogP contribution in [0.2, 0.25) is 0 Å². The molecule has 1 amide bonds. The molecule has 0 spiro atoms. The largest absolute Gasteiger partial charge is 0.484 e. The number of hydrogen-bond acceptors (Lipinski definition) is 3. The third-order valence-corrected chi connectivity index (χ3v) is 2.32. The first-order valence-corrected chi connectivity index (χ1v) is 5.16. The van der Waals surface area contributed by atoms with Gasteiger partial charge in [-0.05, 0) is 37.1 Å². The lowest BCUT2D eigenvalue weighted by Gasteiger charge is -2.11.